The summed E-state index contributed by atoms with van der Waals surface area (Å²) in [6.07, 6.45) is 0.180. The third kappa shape index (κ3) is 2.16. The lowest BCUT2D eigenvalue weighted by Gasteiger charge is -2.36. The molecule has 1 saturated heterocycles. The Labute approximate surface area is 104 Å². The predicted octanol–water partition coefficient (Wildman–Crippen LogP) is 2.04. The van der Waals surface area contributed by atoms with Crippen molar-refractivity contribution >= 4 is 5.69 Å². The van der Waals surface area contributed by atoms with Gasteiger partial charge in [-0.05, 0) is 24.5 Å². The Balaban J connectivity index is 2.30. The second-order valence-electron chi connectivity index (χ2n) is 4.65. The van der Waals surface area contributed by atoms with Gasteiger partial charge in [-0.1, -0.05) is 6.92 Å². The number of piperidine rings is 1. The molecule has 2 atom stereocenters. The molecule has 1 fully saturated rings. The van der Waals surface area contributed by atoms with Crippen molar-refractivity contribution in [3.05, 3.63) is 29.3 Å². The largest absolute Gasteiger partial charge is 0.391 e. The predicted molar refractivity (Wildman–Crippen MR) is 63.1 cm³/mol. The number of nitrogens with zero attached hydrogens (tertiary/aromatic N) is 2. The van der Waals surface area contributed by atoms with Crippen LogP contribution in [0.3, 0.4) is 0 Å². The summed E-state index contributed by atoms with van der Waals surface area (Å²) < 4.78 is 27.3. The van der Waals surface area contributed by atoms with Gasteiger partial charge in [0, 0.05) is 13.1 Å². The van der Waals surface area contributed by atoms with E-state index in [1.807, 2.05) is 6.92 Å². The normalized spacial score (nSPS) is 23.8. The number of nitriles is 1. The summed E-state index contributed by atoms with van der Waals surface area (Å²) in [5.74, 6) is -1.98. The van der Waals surface area contributed by atoms with Crippen molar-refractivity contribution < 1.29 is 13.9 Å². The minimum Gasteiger partial charge on any atom is -0.391 e. The Morgan fingerprint density at radius 2 is 2.11 bits per heavy atom. The van der Waals surface area contributed by atoms with Gasteiger partial charge in [0.25, 0.3) is 0 Å². The molecule has 0 aromatic heterocycles. The average Bonchev–Trinajstić information content (AvgIpc) is 2.36. The Hall–Kier alpha value is -1.67. The number of hydrogen-bond donors (Lipinski definition) is 1. The first kappa shape index (κ1) is 12.8. The van der Waals surface area contributed by atoms with Crippen LogP contribution in [-0.4, -0.2) is 24.3 Å². The Kier molecular flexibility index (Phi) is 3.48. The highest BCUT2D eigenvalue weighted by Crippen LogP contribution is 2.28. The highest BCUT2D eigenvalue weighted by Gasteiger charge is 2.27. The monoisotopic (exact) mass is 252 g/mol. The van der Waals surface area contributed by atoms with Gasteiger partial charge in [0.1, 0.15) is 6.07 Å². The Morgan fingerprint density at radius 1 is 1.39 bits per heavy atom. The van der Waals surface area contributed by atoms with Crippen LogP contribution in [0.4, 0.5) is 14.5 Å². The van der Waals surface area contributed by atoms with Gasteiger partial charge in [0.2, 0.25) is 0 Å². The van der Waals surface area contributed by atoms with Gasteiger partial charge in [-0.15, -0.1) is 0 Å². The fourth-order valence-corrected chi connectivity index (χ4v) is 2.14. The number of rotatable bonds is 1. The molecule has 2 unspecified atom stereocenters. The van der Waals surface area contributed by atoms with E-state index in [2.05, 4.69) is 0 Å². The second-order valence-corrected chi connectivity index (χ2v) is 4.65. The molecule has 3 nitrogen and oxygen atoms in total. The van der Waals surface area contributed by atoms with Crippen LogP contribution >= 0.6 is 0 Å². The van der Waals surface area contributed by atoms with E-state index < -0.39 is 17.7 Å². The van der Waals surface area contributed by atoms with E-state index in [-0.39, 0.29) is 23.7 Å². The first-order valence-electron chi connectivity index (χ1n) is 5.85. The molecule has 18 heavy (non-hydrogen) atoms. The van der Waals surface area contributed by atoms with Crippen molar-refractivity contribution in [1.29, 1.82) is 5.26 Å². The average molecular weight is 252 g/mol. The molecular weight excluding hydrogens is 238 g/mol. The van der Waals surface area contributed by atoms with Crippen molar-refractivity contribution in [1.82, 2.24) is 0 Å². The maximum absolute atomic E-state index is 13.8. The molecule has 96 valence electrons. The summed E-state index contributed by atoms with van der Waals surface area (Å²) in [5, 5.41) is 18.4. The molecule has 1 aliphatic rings. The molecule has 0 radical (unpaired) electrons. The van der Waals surface area contributed by atoms with Crippen molar-refractivity contribution in [2.24, 2.45) is 5.92 Å². The number of halogens is 2. The highest BCUT2D eigenvalue weighted by molar-refractivity contribution is 5.52. The molecule has 1 N–H and O–H groups in total. The van der Waals surface area contributed by atoms with E-state index in [0.717, 1.165) is 6.42 Å². The SMILES string of the molecule is CC1CCN(c2ccc(C#N)c(F)c2F)CC1O. The molecule has 0 saturated carbocycles. The van der Waals surface area contributed by atoms with Crippen molar-refractivity contribution in [3.63, 3.8) is 0 Å². The second kappa shape index (κ2) is 4.91. The summed E-state index contributed by atoms with van der Waals surface area (Å²) in [6, 6.07) is 4.25. The maximum atomic E-state index is 13.8. The summed E-state index contributed by atoms with van der Waals surface area (Å²) in [6.45, 7) is 2.78. The van der Waals surface area contributed by atoms with Crippen LogP contribution < -0.4 is 4.90 Å². The minimum absolute atomic E-state index is 0.109. The zero-order valence-electron chi connectivity index (χ0n) is 10.0. The van der Waals surface area contributed by atoms with Gasteiger partial charge in [-0.25, -0.2) is 8.78 Å². The molecule has 1 heterocycles. The molecule has 1 aliphatic heterocycles. The molecule has 0 amide bonds. The number of β-amino-alcohol motifs (C(OH)–C–C–N with tert-alkyl or cyclic N) is 1. The number of anilines is 1. The van der Waals surface area contributed by atoms with Crippen LogP contribution in [0.25, 0.3) is 0 Å². The van der Waals surface area contributed by atoms with Gasteiger partial charge < -0.3 is 10.0 Å². The minimum atomic E-state index is -1.12. The maximum Gasteiger partial charge on any atom is 0.183 e. The zero-order valence-corrected chi connectivity index (χ0v) is 10.0. The van der Waals surface area contributed by atoms with E-state index in [1.165, 1.54) is 12.1 Å². The fourth-order valence-electron chi connectivity index (χ4n) is 2.14. The Bertz CT molecular complexity index is 498. The molecule has 0 bridgehead atoms. The van der Waals surface area contributed by atoms with Gasteiger partial charge >= 0.3 is 0 Å². The van der Waals surface area contributed by atoms with E-state index >= 15 is 0 Å². The Morgan fingerprint density at radius 3 is 2.72 bits per heavy atom. The topological polar surface area (TPSA) is 47.3 Å². The molecule has 2 rings (SSSR count). The third-order valence-corrected chi connectivity index (χ3v) is 3.44. The van der Waals surface area contributed by atoms with Gasteiger partial charge in [-0.2, -0.15) is 5.26 Å². The van der Waals surface area contributed by atoms with Crippen LogP contribution in [0.5, 0.6) is 0 Å². The van der Waals surface area contributed by atoms with Crippen LogP contribution in [0, 0.1) is 28.9 Å². The quantitative estimate of drug-likeness (QED) is 0.832. The molecule has 1 aromatic carbocycles. The summed E-state index contributed by atoms with van der Waals surface area (Å²) in [4.78, 5) is 1.62. The summed E-state index contributed by atoms with van der Waals surface area (Å²) in [7, 11) is 0. The third-order valence-electron chi connectivity index (χ3n) is 3.44. The van der Waals surface area contributed by atoms with Crippen molar-refractivity contribution in [2.75, 3.05) is 18.0 Å². The van der Waals surface area contributed by atoms with Crippen LogP contribution in [0.1, 0.15) is 18.9 Å². The van der Waals surface area contributed by atoms with E-state index in [9.17, 15) is 13.9 Å². The van der Waals surface area contributed by atoms with Gasteiger partial charge in [0.05, 0.1) is 17.4 Å². The number of benzene rings is 1. The van der Waals surface area contributed by atoms with E-state index in [4.69, 9.17) is 5.26 Å². The fraction of sp³-hybridized carbons (Fsp3) is 0.462. The zero-order chi connectivity index (χ0) is 13.3. The highest BCUT2D eigenvalue weighted by atomic mass is 19.2. The van der Waals surface area contributed by atoms with Gasteiger partial charge in [0.15, 0.2) is 11.6 Å². The summed E-state index contributed by atoms with van der Waals surface area (Å²) >= 11 is 0. The summed E-state index contributed by atoms with van der Waals surface area (Å²) in [5.41, 5.74) is -0.195. The standard InChI is InChI=1S/C13H14F2N2O/c1-8-4-5-17(7-11(8)18)10-3-2-9(6-16)12(14)13(10)15/h2-3,8,11,18H,4-5,7H2,1H3. The molecule has 0 spiro atoms. The first-order chi connectivity index (χ1) is 8.54. The number of aliphatic hydroxyl groups is 1. The van der Waals surface area contributed by atoms with Crippen LogP contribution in [0.15, 0.2) is 12.1 Å². The molecule has 5 heteroatoms. The molecule has 0 aliphatic carbocycles. The molecule has 1 aromatic rings. The van der Waals surface area contributed by atoms with Crippen molar-refractivity contribution in [2.45, 2.75) is 19.4 Å². The number of aliphatic hydroxyl groups excluding tert-OH is 1. The lowest BCUT2D eigenvalue weighted by Crippen LogP contribution is -2.43. The van der Waals surface area contributed by atoms with E-state index in [0.29, 0.717) is 6.54 Å². The lowest BCUT2D eigenvalue weighted by atomic mass is 9.95. The van der Waals surface area contributed by atoms with E-state index in [1.54, 1.807) is 11.0 Å². The van der Waals surface area contributed by atoms with Crippen LogP contribution in [-0.2, 0) is 0 Å². The molecular formula is C13H14F2N2O. The van der Waals surface area contributed by atoms with Crippen molar-refractivity contribution in [3.8, 4) is 6.07 Å². The number of hydrogen-bond acceptors (Lipinski definition) is 3. The smallest absolute Gasteiger partial charge is 0.183 e. The van der Waals surface area contributed by atoms with Crippen LogP contribution in [0.2, 0.25) is 0 Å². The van der Waals surface area contributed by atoms with Gasteiger partial charge in [-0.3, -0.25) is 0 Å². The first-order valence-corrected chi connectivity index (χ1v) is 5.85. The lowest BCUT2D eigenvalue weighted by molar-refractivity contribution is 0.102.